The zero-order chi connectivity index (χ0) is 14.4. The van der Waals surface area contributed by atoms with Crippen molar-refractivity contribution in [1.29, 1.82) is 0 Å². The molecule has 0 N–H and O–H groups in total. The Balaban J connectivity index is 2.38. The van der Waals surface area contributed by atoms with Gasteiger partial charge in [0, 0.05) is 6.92 Å². The summed E-state index contributed by atoms with van der Waals surface area (Å²) in [6.07, 6.45) is 12.0. The number of hydrogen-bond acceptors (Lipinski definition) is 2. The van der Waals surface area contributed by atoms with Crippen LogP contribution in [0.3, 0.4) is 0 Å². The molecule has 0 spiro atoms. The number of rotatable bonds is 3. The van der Waals surface area contributed by atoms with E-state index in [1.165, 1.54) is 6.92 Å². The lowest BCUT2D eigenvalue weighted by Crippen LogP contribution is -2.38. The molecule has 1 atom stereocenters. The first-order valence-electron chi connectivity index (χ1n) is 7.05. The van der Waals surface area contributed by atoms with Gasteiger partial charge in [-0.2, -0.15) is 0 Å². The SMILES string of the molecule is C#CCC1(OC(C)=O)CCCC/C1=C\c1ccccc1. The summed E-state index contributed by atoms with van der Waals surface area (Å²) in [7, 11) is 0. The minimum Gasteiger partial charge on any atom is -0.454 e. The van der Waals surface area contributed by atoms with Gasteiger partial charge in [0.25, 0.3) is 0 Å². The third-order valence-corrected chi connectivity index (χ3v) is 3.73. The molecule has 2 nitrogen and oxygen atoms in total. The first-order chi connectivity index (χ1) is 9.66. The normalized spacial score (nSPS) is 24.1. The summed E-state index contributed by atoms with van der Waals surface area (Å²) >= 11 is 0. The topological polar surface area (TPSA) is 26.3 Å². The predicted octanol–water partition coefficient (Wildman–Crippen LogP) is 3.97. The maximum Gasteiger partial charge on any atom is 0.303 e. The van der Waals surface area contributed by atoms with Crippen molar-refractivity contribution in [3.8, 4) is 12.3 Å². The van der Waals surface area contributed by atoms with Crippen LogP contribution >= 0.6 is 0 Å². The van der Waals surface area contributed by atoms with E-state index in [0.717, 1.165) is 36.8 Å². The smallest absolute Gasteiger partial charge is 0.303 e. The quantitative estimate of drug-likeness (QED) is 0.612. The Hall–Kier alpha value is -2.01. The van der Waals surface area contributed by atoms with Crippen LogP contribution in [0.15, 0.2) is 35.9 Å². The molecule has 0 aliphatic heterocycles. The number of esters is 1. The molecule has 1 aliphatic carbocycles. The van der Waals surface area contributed by atoms with E-state index < -0.39 is 5.60 Å². The van der Waals surface area contributed by atoms with E-state index in [2.05, 4.69) is 24.1 Å². The van der Waals surface area contributed by atoms with Gasteiger partial charge in [0.1, 0.15) is 5.60 Å². The van der Waals surface area contributed by atoms with Crippen LogP contribution in [0.5, 0.6) is 0 Å². The van der Waals surface area contributed by atoms with Gasteiger partial charge in [0.05, 0.1) is 6.42 Å². The van der Waals surface area contributed by atoms with Gasteiger partial charge >= 0.3 is 5.97 Å². The third kappa shape index (κ3) is 3.30. The first kappa shape index (κ1) is 14.4. The second-order valence-electron chi connectivity index (χ2n) is 5.26. The molecule has 1 aromatic rings. The number of ether oxygens (including phenoxy) is 1. The molecule has 1 aromatic carbocycles. The summed E-state index contributed by atoms with van der Waals surface area (Å²) in [6.45, 7) is 1.45. The molecular formula is C18H20O2. The standard InChI is InChI=1S/C18H20O2/c1-3-12-18(20-15(2)19)13-8-7-11-17(18)14-16-9-5-4-6-10-16/h1,4-6,9-10,14H,7-8,11-13H2,2H3/b17-14+. The second kappa shape index (κ2) is 6.43. The first-order valence-corrected chi connectivity index (χ1v) is 7.05. The molecule has 0 saturated heterocycles. The van der Waals surface area contributed by atoms with Crippen molar-refractivity contribution in [2.75, 3.05) is 0 Å². The number of carbonyl (C=O) groups excluding carboxylic acids is 1. The Morgan fingerprint density at radius 2 is 2.15 bits per heavy atom. The Morgan fingerprint density at radius 1 is 1.40 bits per heavy atom. The van der Waals surface area contributed by atoms with E-state index in [9.17, 15) is 4.79 Å². The summed E-state index contributed by atoms with van der Waals surface area (Å²) in [6, 6.07) is 10.1. The van der Waals surface area contributed by atoms with Crippen molar-refractivity contribution in [3.05, 3.63) is 41.5 Å². The second-order valence-corrected chi connectivity index (χ2v) is 5.26. The van der Waals surface area contributed by atoms with Crippen LogP contribution in [0.1, 0.15) is 44.6 Å². The van der Waals surface area contributed by atoms with Crippen LogP contribution in [-0.4, -0.2) is 11.6 Å². The molecule has 0 bridgehead atoms. The Kier molecular flexibility index (Phi) is 4.63. The summed E-state index contributed by atoms with van der Waals surface area (Å²) in [5, 5.41) is 0. The van der Waals surface area contributed by atoms with E-state index in [0.29, 0.717) is 6.42 Å². The number of benzene rings is 1. The lowest BCUT2D eigenvalue weighted by Gasteiger charge is -2.37. The number of hydrogen-bond donors (Lipinski definition) is 0. The average molecular weight is 268 g/mol. The van der Waals surface area contributed by atoms with Crippen molar-refractivity contribution in [2.24, 2.45) is 0 Å². The van der Waals surface area contributed by atoms with Gasteiger partial charge in [-0.05, 0) is 36.8 Å². The largest absolute Gasteiger partial charge is 0.454 e. The van der Waals surface area contributed by atoms with Gasteiger partial charge in [-0.15, -0.1) is 12.3 Å². The maximum atomic E-state index is 11.5. The summed E-state index contributed by atoms with van der Waals surface area (Å²) in [4.78, 5) is 11.5. The highest BCUT2D eigenvalue weighted by atomic mass is 16.6. The highest BCUT2D eigenvalue weighted by molar-refractivity contribution is 5.68. The fraction of sp³-hybridized carbons (Fsp3) is 0.389. The van der Waals surface area contributed by atoms with Gasteiger partial charge < -0.3 is 4.74 Å². The van der Waals surface area contributed by atoms with E-state index in [4.69, 9.17) is 11.2 Å². The zero-order valence-corrected chi connectivity index (χ0v) is 11.9. The van der Waals surface area contributed by atoms with Gasteiger partial charge in [-0.25, -0.2) is 0 Å². The van der Waals surface area contributed by atoms with Crippen molar-refractivity contribution in [2.45, 2.75) is 44.6 Å². The molecular weight excluding hydrogens is 248 g/mol. The molecule has 0 radical (unpaired) electrons. The Bertz CT molecular complexity index is 536. The maximum absolute atomic E-state index is 11.5. The van der Waals surface area contributed by atoms with Gasteiger partial charge in [0.2, 0.25) is 0 Å². The zero-order valence-electron chi connectivity index (χ0n) is 11.9. The van der Waals surface area contributed by atoms with E-state index in [1.54, 1.807) is 0 Å². The van der Waals surface area contributed by atoms with Crippen LogP contribution in [0, 0.1) is 12.3 Å². The van der Waals surface area contributed by atoms with E-state index in [-0.39, 0.29) is 5.97 Å². The molecule has 0 amide bonds. The molecule has 104 valence electrons. The number of terminal acetylenes is 1. The molecule has 1 aliphatic rings. The van der Waals surface area contributed by atoms with Gasteiger partial charge in [-0.3, -0.25) is 4.79 Å². The highest BCUT2D eigenvalue weighted by Crippen LogP contribution is 2.40. The molecule has 0 aromatic heterocycles. The third-order valence-electron chi connectivity index (χ3n) is 3.73. The minimum absolute atomic E-state index is 0.263. The number of carbonyl (C=O) groups is 1. The summed E-state index contributed by atoms with van der Waals surface area (Å²) in [5.41, 5.74) is 1.66. The van der Waals surface area contributed by atoms with E-state index >= 15 is 0 Å². The van der Waals surface area contributed by atoms with Crippen LogP contribution in [0.25, 0.3) is 6.08 Å². The Morgan fingerprint density at radius 3 is 2.80 bits per heavy atom. The van der Waals surface area contributed by atoms with Crippen molar-refractivity contribution in [1.82, 2.24) is 0 Å². The summed E-state index contributed by atoms with van der Waals surface area (Å²) < 4.78 is 5.65. The lowest BCUT2D eigenvalue weighted by molar-refractivity contribution is -0.154. The monoisotopic (exact) mass is 268 g/mol. The van der Waals surface area contributed by atoms with Crippen molar-refractivity contribution >= 4 is 12.0 Å². The molecule has 0 heterocycles. The fourth-order valence-electron chi connectivity index (χ4n) is 2.86. The summed E-state index contributed by atoms with van der Waals surface area (Å²) in [5.74, 6) is 2.42. The van der Waals surface area contributed by atoms with Crippen LogP contribution in [0.2, 0.25) is 0 Å². The Labute approximate surface area is 120 Å². The lowest BCUT2D eigenvalue weighted by atomic mass is 9.77. The van der Waals surface area contributed by atoms with Crippen LogP contribution < -0.4 is 0 Å². The molecule has 1 unspecified atom stereocenters. The van der Waals surface area contributed by atoms with Crippen molar-refractivity contribution in [3.63, 3.8) is 0 Å². The highest BCUT2D eigenvalue weighted by Gasteiger charge is 2.38. The average Bonchev–Trinajstić information content (AvgIpc) is 2.42. The van der Waals surface area contributed by atoms with Crippen molar-refractivity contribution < 1.29 is 9.53 Å². The van der Waals surface area contributed by atoms with E-state index in [1.807, 2.05) is 18.2 Å². The molecule has 20 heavy (non-hydrogen) atoms. The molecule has 2 rings (SSSR count). The molecule has 1 saturated carbocycles. The van der Waals surface area contributed by atoms with Gasteiger partial charge in [0.15, 0.2) is 0 Å². The predicted molar refractivity (Wildman–Crippen MR) is 80.8 cm³/mol. The minimum atomic E-state index is -0.603. The molecule has 1 fully saturated rings. The van der Waals surface area contributed by atoms with Crippen LogP contribution in [-0.2, 0) is 9.53 Å². The molecule has 2 heteroatoms. The van der Waals surface area contributed by atoms with Gasteiger partial charge in [-0.1, -0.05) is 36.4 Å². The fourth-order valence-corrected chi connectivity index (χ4v) is 2.86. The van der Waals surface area contributed by atoms with Crippen LogP contribution in [0.4, 0.5) is 0 Å².